The van der Waals surface area contributed by atoms with Gasteiger partial charge in [-0.1, -0.05) is 6.07 Å². The highest BCUT2D eigenvalue weighted by Crippen LogP contribution is 2.31. The standard InChI is InChI=1S/C23H27N3O3/c1-29-21-11-10-18(25-12-3-2-4-13-25)16-20(21)24-23(28)17-7-5-8-19(15-17)26-14-6-9-22(26)27/h5,7-8,10-11,15-16H,2-4,6,9,12-14H2,1H3,(H,24,28). The van der Waals surface area contributed by atoms with Gasteiger partial charge in [0, 0.05) is 43.0 Å². The second kappa shape index (κ2) is 8.55. The number of nitrogens with zero attached hydrogens (tertiary/aromatic N) is 2. The zero-order chi connectivity index (χ0) is 20.2. The minimum absolute atomic E-state index is 0.110. The molecule has 1 N–H and O–H groups in total. The Balaban J connectivity index is 1.55. The van der Waals surface area contributed by atoms with E-state index in [0.29, 0.717) is 30.0 Å². The van der Waals surface area contributed by atoms with Crippen LogP contribution in [0.4, 0.5) is 17.1 Å². The maximum absolute atomic E-state index is 12.9. The van der Waals surface area contributed by atoms with Crippen molar-refractivity contribution >= 4 is 28.9 Å². The van der Waals surface area contributed by atoms with Crippen LogP contribution < -0.4 is 19.9 Å². The summed E-state index contributed by atoms with van der Waals surface area (Å²) in [6.45, 7) is 2.77. The Morgan fingerprint density at radius 2 is 1.79 bits per heavy atom. The van der Waals surface area contributed by atoms with Crippen LogP contribution in [0.1, 0.15) is 42.5 Å². The van der Waals surface area contributed by atoms with Gasteiger partial charge in [0.15, 0.2) is 0 Å². The van der Waals surface area contributed by atoms with E-state index in [9.17, 15) is 9.59 Å². The van der Waals surface area contributed by atoms with Crippen LogP contribution in [0.15, 0.2) is 42.5 Å². The van der Waals surface area contributed by atoms with Gasteiger partial charge in [0.05, 0.1) is 12.8 Å². The lowest BCUT2D eigenvalue weighted by Crippen LogP contribution is -2.29. The van der Waals surface area contributed by atoms with Gasteiger partial charge in [-0.25, -0.2) is 0 Å². The number of hydrogen-bond acceptors (Lipinski definition) is 4. The van der Waals surface area contributed by atoms with Crippen molar-refractivity contribution in [2.24, 2.45) is 0 Å². The highest BCUT2D eigenvalue weighted by molar-refractivity contribution is 6.06. The van der Waals surface area contributed by atoms with Gasteiger partial charge in [-0.15, -0.1) is 0 Å². The van der Waals surface area contributed by atoms with Crippen molar-refractivity contribution in [3.8, 4) is 5.75 Å². The predicted octanol–water partition coefficient (Wildman–Crippen LogP) is 4.06. The second-order valence-electron chi connectivity index (χ2n) is 7.59. The van der Waals surface area contributed by atoms with E-state index >= 15 is 0 Å². The Morgan fingerprint density at radius 3 is 2.52 bits per heavy atom. The zero-order valence-electron chi connectivity index (χ0n) is 16.8. The van der Waals surface area contributed by atoms with Crippen LogP contribution in [-0.2, 0) is 4.79 Å². The van der Waals surface area contributed by atoms with Crippen LogP contribution in [0.2, 0.25) is 0 Å². The summed E-state index contributed by atoms with van der Waals surface area (Å²) in [6, 6.07) is 13.2. The molecule has 0 spiro atoms. The third-order valence-corrected chi connectivity index (χ3v) is 5.65. The highest BCUT2D eigenvalue weighted by Gasteiger charge is 2.22. The summed E-state index contributed by atoms with van der Waals surface area (Å²) in [4.78, 5) is 29.0. The first kappa shape index (κ1) is 19.3. The van der Waals surface area contributed by atoms with Crippen molar-refractivity contribution in [2.75, 3.05) is 41.9 Å². The summed E-state index contributed by atoms with van der Waals surface area (Å²) in [7, 11) is 1.60. The van der Waals surface area contributed by atoms with Crippen LogP contribution in [-0.4, -0.2) is 38.6 Å². The Hall–Kier alpha value is -3.02. The molecule has 4 rings (SSSR count). The molecule has 2 heterocycles. The SMILES string of the molecule is COc1ccc(N2CCCCC2)cc1NC(=O)c1cccc(N2CCCC2=O)c1. The monoisotopic (exact) mass is 393 g/mol. The molecular formula is C23H27N3O3. The molecule has 2 aliphatic rings. The first-order valence-electron chi connectivity index (χ1n) is 10.3. The van der Waals surface area contributed by atoms with E-state index in [0.717, 1.165) is 30.9 Å². The molecule has 2 aromatic rings. The lowest BCUT2D eigenvalue weighted by molar-refractivity contribution is -0.117. The summed E-state index contributed by atoms with van der Waals surface area (Å²) in [6.07, 6.45) is 5.07. The van der Waals surface area contributed by atoms with Crippen LogP contribution in [0.25, 0.3) is 0 Å². The number of hydrogen-bond donors (Lipinski definition) is 1. The molecule has 6 heteroatoms. The molecule has 0 aromatic heterocycles. The number of nitrogens with one attached hydrogen (secondary N) is 1. The number of carbonyl (C=O) groups excluding carboxylic acids is 2. The zero-order valence-corrected chi connectivity index (χ0v) is 16.8. The number of anilines is 3. The van der Waals surface area contributed by atoms with Crippen LogP contribution in [0.5, 0.6) is 5.75 Å². The quantitative estimate of drug-likeness (QED) is 0.832. The maximum Gasteiger partial charge on any atom is 0.255 e. The summed E-state index contributed by atoms with van der Waals surface area (Å²) in [5.74, 6) is 0.524. The summed E-state index contributed by atoms with van der Waals surface area (Å²) in [5.41, 5.74) is 3.04. The Bertz CT molecular complexity index is 906. The molecular weight excluding hydrogens is 366 g/mol. The second-order valence-corrected chi connectivity index (χ2v) is 7.59. The number of carbonyl (C=O) groups is 2. The van der Waals surface area contributed by atoms with Crippen molar-refractivity contribution in [1.82, 2.24) is 0 Å². The number of rotatable bonds is 5. The van der Waals surface area contributed by atoms with E-state index in [4.69, 9.17) is 4.74 Å². The van der Waals surface area contributed by atoms with E-state index in [1.807, 2.05) is 30.3 Å². The molecule has 2 saturated heterocycles. The average Bonchev–Trinajstić information content (AvgIpc) is 3.20. The topological polar surface area (TPSA) is 61.9 Å². The lowest BCUT2D eigenvalue weighted by atomic mass is 10.1. The molecule has 2 aliphatic heterocycles. The minimum Gasteiger partial charge on any atom is -0.495 e. The van der Waals surface area contributed by atoms with Crippen molar-refractivity contribution in [3.05, 3.63) is 48.0 Å². The number of piperidine rings is 1. The summed E-state index contributed by atoms with van der Waals surface area (Å²) in [5, 5.41) is 2.99. The van der Waals surface area contributed by atoms with Crippen LogP contribution in [0, 0.1) is 0 Å². The minimum atomic E-state index is -0.215. The van der Waals surface area contributed by atoms with Gasteiger partial charge < -0.3 is 19.9 Å². The van der Waals surface area contributed by atoms with E-state index in [2.05, 4.69) is 10.2 Å². The number of amides is 2. The Labute approximate surface area is 171 Å². The van der Waals surface area contributed by atoms with E-state index < -0.39 is 0 Å². The van der Waals surface area contributed by atoms with Gasteiger partial charge in [-0.3, -0.25) is 9.59 Å². The Morgan fingerprint density at radius 1 is 0.966 bits per heavy atom. The maximum atomic E-state index is 12.9. The molecule has 2 fully saturated rings. The molecule has 0 saturated carbocycles. The molecule has 0 bridgehead atoms. The molecule has 0 aliphatic carbocycles. The number of methoxy groups -OCH3 is 1. The van der Waals surface area contributed by atoms with E-state index in [1.165, 1.54) is 19.3 Å². The van der Waals surface area contributed by atoms with Crippen LogP contribution in [0.3, 0.4) is 0 Å². The van der Waals surface area contributed by atoms with Gasteiger partial charge in [0.1, 0.15) is 5.75 Å². The lowest BCUT2D eigenvalue weighted by Gasteiger charge is -2.29. The van der Waals surface area contributed by atoms with Gasteiger partial charge in [-0.2, -0.15) is 0 Å². The number of benzene rings is 2. The summed E-state index contributed by atoms with van der Waals surface area (Å²) < 4.78 is 5.46. The fraction of sp³-hybridized carbons (Fsp3) is 0.391. The van der Waals surface area contributed by atoms with Crippen molar-refractivity contribution in [1.29, 1.82) is 0 Å². The first-order chi connectivity index (χ1) is 14.2. The first-order valence-corrected chi connectivity index (χ1v) is 10.3. The molecule has 2 aromatic carbocycles. The van der Waals surface area contributed by atoms with E-state index in [-0.39, 0.29) is 11.8 Å². The summed E-state index contributed by atoms with van der Waals surface area (Å²) >= 11 is 0. The van der Waals surface area contributed by atoms with Gasteiger partial charge in [0.25, 0.3) is 5.91 Å². The smallest absolute Gasteiger partial charge is 0.255 e. The largest absolute Gasteiger partial charge is 0.495 e. The van der Waals surface area contributed by atoms with Gasteiger partial charge in [0.2, 0.25) is 5.91 Å². The molecule has 29 heavy (non-hydrogen) atoms. The molecule has 0 unspecified atom stereocenters. The Kier molecular flexibility index (Phi) is 5.69. The molecule has 2 amide bonds. The third kappa shape index (κ3) is 4.21. The fourth-order valence-electron chi connectivity index (χ4n) is 4.07. The van der Waals surface area contributed by atoms with Crippen molar-refractivity contribution < 1.29 is 14.3 Å². The molecule has 0 radical (unpaired) electrons. The van der Waals surface area contributed by atoms with Crippen molar-refractivity contribution in [3.63, 3.8) is 0 Å². The highest BCUT2D eigenvalue weighted by atomic mass is 16.5. The normalized spacial score (nSPS) is 16.8. The van der Waals surface area contributed by atoms with Gasteiger partial charge in [-0.05, 0) is 62.1 Å². The number of ether oxygens (including phenoxy) is 1. The van der Waals surface area contributed by atoms with E-state index in [1.54, 1.807) is 24.1 Å². The van der Waals surface area contributed by atoms with Crippen molar-refractivity contribution in [2.45, 2.75) is 32.1 Å². The van der Waals surface area contributed by atoms with Crippen LogP contribution >= 0.6 is 0 Å². The molecule has 152 valence electrons. The molecule has 0 atom stereocenters. The van der Waals surface area contributed by atoms with Gasteiger partial charge >= 0.3 is 0 Å². The fourth-order valence-corrected chi connectivity index (χ4v) is 4.07. The third-order valence-electron chi connectivity index (χ3n) is 5.65. The molecule has 6 nitrogen and oxygen atoms in total. The average molecular weight is 393 g/mol. The predicted molar refractivity (Wildman–Crippen MR) is 115 cm³/mol.